The van der Waals surface area contributed by atoms with Crippen LogP contribution in [0.15, 0.2) is 0 Å². The van der Waals surface area contributed by atoms with Gasteiger partial charge >= 0.3 is 18.1 Å². The number of hydrogen-bond donors (Lipinski definition) is 2. The minimum Gasteiger partial charge on any atom is -0.480 e. The SMILES string of the molecule is CC(C)[C@](C)(NC(=O)C(F)(F)F)C(=O)O. The van der Waals surface area contributed by atoms with E-state index >= 15 is 0 Å². The third-order valence-corrected chi connectivity index (χ3v) is 2.23. The summed E-state index contributed by atoms with van der Waals surface area (Å²) in [4.78, 5) is 21.3. The van der Waals surface area contributed by atoms with Crippen molar-refractivity contribution in [3.63, 3.8) is 0 Å². The summed E-state index contributed by atoms with van der Waals surface area (Å²) in [5.41, 5.74) is -1.92. The minimum absolute atomic E-state index is 0.665. The number of alkyl halides is 3. The molecule has 0 aliphatic rings. The van der Waals surface area contributed by atoms with Gasteiger partial charge in [-0.25, -0.2) is 4.79 Å². The first-order valence-corrected chi connectivity index (χ1v) is 4.14. The predicted molar refractivity (Wildman–Crippen MR) is 45.1 cm³/mol. The maximum absolute atomic E-state index is 11.9. The van der Waals surface area contributed by atoms with Crippen LogP contribution in [-0.2, 0) is 9.59 Å². The van der Waals surface area contributed by atoms with Crippen LogP contribution < -0.4 is 5.32 Å². The number of carbonyl (C=O) groups excluding carboxylic acids is 1. The molecule has 2 N–H and O–H groups in total. The molecule has 0 saturated carbocycles. The van der Waals surface area contributed by atoms with Gasteiger partial charge in [-0.15, -0.1) is 0 Å². The Labute approximate surface area is 84.5 Å². The van der Waals surface area contributed by atoms with Gasteiger partial charge in [0.15, 0.2) is 0 Å². The van der Waals surface area contributed by atoms with Gasteiger partial charge in [-0.2, -0.15) is 13.2 Å². The Morgan fingerprint density at radius 2 is 1.67 bits per heavy atom. The third-order valence-electron chi connectivity index (χ3n) is 2.23. The van der Waals surface area contributed by atoms with Crippen LogP contribution in [0, 0.1) is 5.92 Å². The van der Waals surface area contributed by atoms with Crippen molar-refractivity contribution >= 4 is 11.9 Å². The molecule has 0 radical (unpaired) electrons. The van der Waals surface area contributed by atoms with Crippen molar-refractivity contribution in [1.29, 1.82) is 0 Å². The van der Waals surface area contributed by atoms with Crippen LogP contribution in [0.5, 0.6) is 0 Å². The minimum atomic E-state index is -5.08. The van der Waals surface area contributed by atoms with Crippen LogP contribution in [0.25, 0.3) is 0 Å². The van der Waals surface area contributed by atoms with E-state index in [1.807, 2.05) is 0 Å². The first kappa shape index (κ1) is 13.7. The highest BCUT2D eigenvalue weighted by molar-refractivity contribution is 5.89. The Morgan fingerprint density at radius 1 is 1.27 bits per heavy atom. The second-order valence-electron chi connectivity index (χ2n) is 3.61. The molecule has 1 atom stereocenters. The Bertz CT molecular complexity index is 275. The van der Waals surface area contributed by atoms with E-state index in [0.717, 1.165) is 6.92 Å². The van der Waals surface area contributed by atoms with E-state index in [2.05, 4.69) is 0 Å². The molecular formula is C8H12F3NO3. The number of carboxylic acid groups (broad SMARTS) is 1. The van der Waals surface area contributed by atoms with Crippen LogP contribution in [0.3, 0.4) is 0 Å². The molecular weight excluding hydrogens is 215 g/mol. The molecule has 7 heteroatoms. The molecule has 0 aromatic carbocycles. The average molecular weight is 227 g/mol. The maximum atomic E-state index is 11.9. The summed E-state index contributed by atoms with van der Waals surface area (Å²) in [5, 5.41) is 10.2. The lowest BCUT2D eigenvalue weighted by Crippen LogP contribution is -2.58. The molecule has 1 amide bonds. The van der Waals surface area contributed by atoms with E-state index in [9.17, 15) is 22.8 Å². The highest BCUT2D eigenvalue weighted by Gasteiger charge is 2.46. The Morgan fingerprint density at radius 3 is 1.87 bits per heavy atom. The molecule has 0 aromatic heterocycles. The van der Waals surface area contributed by atoms with E-state index < -0.39 is 29.5 Å². The highest BCUT2D eigenvalue weighted by Crippen LogP contribution is 2.21. The quantitative estimate of drug-likeness (QED) is 0.760. The van der Waals surface area contributed by atoms with Crippen LogP contribution in [0.1, 0.15) is 20.8 Å². The summed E-state index contributed by atoms with van der Waals surface area (Å²) < 4.78 is 35.7. The number of carbonyl (C=O) groups is 2. The molecule has 0 saturated heterocycles. The number of nitrogens with one attached hydrogen (secondary N) is 1. The molecule has 0 bridgehead atoms. The largest absolute Gasteiger partial charge is 0.480 e. The molecule has 0 heterocycles. The fourth-order valence-corrected chi connectivity index (χ4v) is 0.751. The number of hydrogen-bond acceptors (Lipinski definition) is 2. The lowest BCUT2D eigenvalue weighted by molar-refractivity contribution is -0.178. The van der Waals surface area contributed by atoms with Crippen LogP contribution in [0.2, 0.25) is 0 Å². The van der Waals surface area contributed by atoms with E-state index in [4.69, 9.17) is 5.11 Å². The van der Waals surface area contributed by atoms with Crippen molar-refractivity contribution < 1.29 is 27.9 Å². The first-order valence-electron chi connectivity index (χ1n) is 4.14. The first-order chi connectivity index (χ1) is 6.51. The van der Waals surface area contributed by atoms with Gasteiger partial charge < -0.3 is 10.4 Å². The number of rotatable bonds is 3. The van der Waals surface area contributed by atoms with E-state index in [-0.39, 0.29) is 0 Å². The second-order valence-corrected chi connectivity index (χ2v) is 3.61. The zero-order valence-electron chi connectivity index (χ0n) is 8.47. The molecule has 0 aromatic rings. The second kappa shape index (κ2) is 4.08. The highest BCUT2D eigenvalue weighted by atomic mass is 19.4. The maximum Gasteiger partial charge on any atom is 0.471 e. The molecule has 0 rings (SSSR count). The number of halogens is 3. The summed E-state index contributed by atoms with van der Waals surface area (Å²) in [7, 11) is 0. The lowest BCUT2D eigenvalue weighted by Gasteiger charge is -2.30. The molecule has 0 fully saturated rings. The number of amides is 1. The van der Waals surface area contributed by atoms with Gasteiger partial charge in [0.2, 0.25) is 0 Å². The van der Waals surface area contributed by atoms with E-state index in [1.165, 1.54) is 19.2 Å². The molecule has 4 nitrogen and oxygen atoms in total. The zero-order valence-corrected chi connectivity index (χ0v) is 8.47. The van der Waals surface area contributed by atoms with Crippen LogP contribution in [0.4, 0.5) is 13.2 Å². The van der Waals surface area contributed by atoms with Crippen molar-refractivity contribution in [2.24, 2.45) is 5.92 Å². The molecule has 0 aliphatic carbocycles. The predicted octanol–water partition coefficient (Wildman–Crippen LogP) is 1.16. The fourth-order valence-electron chi connectivity index (χ4n) is 0.751. The lowest BCUT2D eigenvalue weighted by atomic mass is 9.88. The van der Waals surface area contributed by atoms with Gasteiger partial charge in [0, 0.05) is 0 Å². The van der Waals surface area contributed by atoms with Crippen molar-refractivity contribution in [3.8, 4) is 0 Å². The molecule has 0 aliphatic heterocycles. The summed E-state index contributed by atoms with van der Waals surface area (Å²) in [6.45, 7) is 3.85. The van der Waals surface area contributed by atoms with Gasteiger partial charge in [-0.05, 0) is 12.8 Å². The summed E-state index contributed by atoms with van der Waals surface area (Å²) >= 11 is 0. The van der Waals surface area contributed by atoms with Crippen LogP contribution in [-0.4, -0.2) is 28.7 Å². The monoisotopic (exact) mass is 227 g/mol. The van der Waals surface area contributed by atoms with Gasteiger partial charge in [0.1, 0.15) is 5.54 Å². The van der Waals surface area contributed by atoms with E-state index in [1.54, 1.807) is 0 Å². The Balaban J connectivity index is 4.88. The van der Waals surface area contributed by atoms with Gasteiger partial charge in [0.25, 0.3) is 0 Å². The van der Waals surface area contributed by atoms with Crippen molar-refractivity contribution in [3.05, 3.63) is 0 Å². The molecule has 0 unspecified atom stereocenters. The molecule has 15 heavy (non-hydrogen) atoms. The molecule has 0 spiro atoms. The third kappa shape index (κ3) is 3.10. The smallest absolute Gasteiger partial charge is 0.471 e. The standard InChI is InChI=1S/C8H12F3NO3/c1-4(2)7(3,6(14)15)12-5(13)8(9,10)11/h4H,1-3H3,(H,12,13)(H,14,15)/t7-/m0/s1. The van der Waals surface area contributed by atoms with Gasteiger partial charge in [-0.3, -0.25) is 4.79 Å². The summed E-state index contributed by atoms with van der Waals surface area (Å²) in [6.07, 6.45) is -5.08. The van der Waals surface area contributed by atoms with Gasteiger partial charge in [0.05, 0.1) is 0 Å². The Hall–Kier alpha value is -1.27. The average Bonchev–Trinajstić information content (AvgIpc) is 2.01. The fraction of sp³-hybridized carbons (Fsp3) is 0.750. The van der Waals surface area contributed by atoms with Crippen molar-refractivity contribution in [2.75, 3.05) is 0 Å². The topological polar surface area (TPSA) is 66.4 Å². The number of aliphatic carboxylic acids is 1. The van der Waals surface area contributed by atoms with E-state index in [0.29, 0.717) is 0 Å². The van der Waals surface area contributed by atoms with Gasteiger partial charge in [-0.1, -0.05) is 13.8 Å². The zero-order chi connectivity index (χ0) is 12.4. The van der Waals surface area contributed by atoms with Crippen LogP contribution >= 0.6 is 0 Å². The van der Waals surface area contributed by atoms with Crippen molar-refractivity contribution in [2.45, 2.75) is 32.5 Å². The summed E-state index contributed by atoms with van der Waals surface area (Å²) in [6, 6.07) is 0. The summed E-state index contributed by atoms with van der Waals surface area (Å²) in [5.74, 6) is -4.42. The Kier molecular flexibility index (Phi) is 3.73. The normalized spacial score (nSPS) is 15.9. The van der Waals surface area contributed by atoms with Crippen molar-refractivity contribution in [1.82, 2.24) is 5.32 Å². The number of carboxylic acids is 1. The molecule has 88 valence electrons.